The number of aryl methyl sites for hydroxylation is 1. The highest BCUT2D eigenvalue weighted by atomic mass is 35.5. The van der Waals surface area contributed by atoms with Crippen LogP contribution in [0.3, 0.4) is 0 Å². The minimum absolute atomic E-state index is 0.125. The number of aliphatic hydroxyl groups is 1. The minimum atomic E-state index is -0.863. The topological polar surface area (TPSA) is 98.7 Å². The van der Waals surface area contributed by atoms with E-state index in [1.54, 1.807) is 16.3 Å². The number of aliphatic hydroxyl groups excluding tert-OH is 1. The molecule has 164 valence electrons. The van der Waals surface area contributed by atoms with Crippen LogP contribution in [0.15, 0.2) is 23.6 Å². The molecule has 2 aliphatic heterocycles. The van der Waals surface area contributed by atoms with Crippen LogP contribution in [0, 0.1) is 6.92 Å². The average molecular weight is 462 g/mol. The van der Waals surface area contributed by atoms with Crippen molar-refractivity contribution >= 4 is 40.7 Å². The van der Waals surface area contributed by atoms with E-state index in [-0.39, 0.29) is 24.1 Å². The molecular weight excluding hydrogens is 438 g/mol. The molecule has 31 heavy (non-hydrogen) atoms. The third-order valence-electron chi connectivity index (χ3n) is 5.79. The minimum Gasteiger partial charge on any atom is -0.374 e. The molecule has 7 nitrogen and oxygen atoms in total. The second-order valence-corrected chi connectivity index (χ2v) is 9.36. The van der Waals surface area contributed by atoms with Crippen LogP contribution < -0.4 is 10.6 Å². The fourth-order valence-corrected chi connectivity index (χ4v) is 5.19. The van der Waals surface area contributed by atoms with Gasteiger partial charge in [0.25, 0.3) is 5.91 Å². The van der Waals surface area contributed by atoms with Gasteiger partial charge in [0.15, 0.2) is 0 Å². The van der Waals surface area contributed by atoms with Crippen molar-refractivity contribution in [3.63, 3.8) is 0 Å². The standard InChI is InChI=1S/C22H24ClN3O4S/c1-12-5-6-13(7-16(12)23)8-20(28)24-9-18-14-10-26(22(30)15(14)11-31-18)17-3-2-4-19(27)25-21(17)29/h5-7,11,17,19,27H,2-4,8-10H2,1H3,(H,24,28)(H,25,29)/t17-,19?/m0/s1. The van der Waals surface area contributed by atoms with Crippen LogP contribution in [0.2, 0.25) is 5.02 Å². The molecule has 1 aromatic heterocycles. The van der Waals surface area contributed by atoms with E-state index in [1.807, 2.05) is 19.1 Å². The fraction of sp³-hybridized carbons (Fsp3) is 0.409. The molecule has 4 rings (SSSR count). The van der Waals surface area contributed by atoms with E-state index in [0.717, 1.165) is 21.6 Å². The number of nitrogens with zero attached hydrogens (tertiary/aromatic N) is 1. The van der Waals surface area contributed by atoms with E-state index in [0.29, 0.717) is 42.9 Å². The van der Waals surface area contributed by atoms with E-state index < -0.39 is 12.3 Å². The van der Waals surface area contributed by atoms with E-state index in [1.165, 1.54) is 11.3 Å². The number of rotatable bonds is 5. The number of fused-ring (bicyclic) bond motifs is 1. The lowest BCUT2D eigenvalue weighted by molar-refractivity contribution is -0.128. The van der Waals surface area contributed by atoms with Gasteiger partial charge in [0.05, 0.1) is 18.5 Å². The summed E-state index contributed by atoms with van der Waals surface area (Å²) in [5, 5.41) is 17.6. The quantitative estimate of drug-likeness (QED) is 0.637. The molecule has 1 saturated heterocycles. The maximum atomic E-state index is 12.9. The number of amides is 3. The van der Waals surface area contributed by atoms with Gasteiger partial charge in [-0.2, -0.15) is 0 Å². The van der Waals surface area contributed by atoms with E-state index in [4.69, 9.17) is 11.6 Å². The fourth-order valence-electron chi connectivity index (χ4n) is 4.01. The summed E-state index contributed by atoms with van der Waals surface area (Å²) in [6.07, 6.45) is 1.02. The van der Waals surface area contributed by atoms with Crippen molar-refractivity contribution in [3.8, 4) is 0 Å². The highest BCUT2D eigenvalue weighted by Crippen LogP contribution is 2.33. The van der Waals surface area contributed by atoms with Crippen molar-refractivity contribution in [2.24, 2.45) is 0 Å². The summed E-state index contributed by atoms with van der Waals surface area (Å²) >= 11 is 7.57. The van der Waals surface area contributed by atoms with Crippen molar-refractivity contribution in [3.05, 3.63) is 55.7 Å². The molecule has 9 heteroatoms. The van der Waals surface area contributed by atoms with Crippen LogP contribution in [0.4, 0.5) is 0 Å². The summed E-state index contributed by atoms with van der Waals surface area (Å²) in [7, 11) is 0. The molecule has 3 N–H and O–H groups in total. The van der Waals surface area contributed by atoms with Crippen molar-refractivity contribution in [1.82, 2.24) is 15.5 Å². The van der Waals surface area contributed by atoms with Gasteiger partial charge >= 0.3 is 0 Å². The van der Waals surface area contributed by atoms with Gasteiger partial charge in [-0.05, 0) is 48.9 Å². The first kappa shape index (κ1) is 21.8. The molecule has 3 amide bonds. The first-order valence-corrected chi connectivity index (χ1v) is 11.5. The van der Waals surface area contributed by atoms with Crippen LogP contribution in [0.25, 0.3) is 0 Å². The van der Waals surface area contributed by atoms with Gasteiger partial charge in [-0.3, -0.25) is 14.4 Å². The van der Waals surface area contributed by atoms with E-state index in [2.05, 4.69) is 10.6 Å². The first-order chi connectivity index (χ1) is 14.8. The summed E-state index contributed by atoms with van der Waals surface area (Å²) in [6, 6.07) is 4.98. The smallest absolute Gasteiger partial charge is 0.256 e. The Balaban J connectivity index is 1.39. The number of hydrogen-bond donors (Lipinski definition) is 3. The summed E-state index contributed by atoms with van der Waals surface area (Å²) in [5.74, 6) is -0.617. The molecule has 2 aliphatic rings. The summed E-state index contributed by atoms with van der Waals surface area (Å²) in [5.41, 5.74) is 3.27. The lowest BCUT2D eigenvalue weighted by atomic mass is 10.1. The molecular formula is C22H24ClN3O4S. The Morgan fingerprint density at radius 2 is 2.16 bits per heavy atom. The molecule has 0 aliphatic carbocycles. The van der Waals surface area contributed by atoms with Gasteiger partial charge in [-0.1, -0.05) is 23.7 Å². The molecule has 1 unspecified atom stereocenters. The zero-order chi connectivity index (χ0) is 22.1. The summed E-state index contributed by atoms with van der Waals surface area (Å²) in [6.45, 7) is 2.58. The zero-order valence-electron chi connectivity index (χ0n) is 17.1. The van der Waals surface area contributed by atoms with Gasteiger partial charge in [-0.15, -0.1) is 11.3 Å². The van der Waals surface area contributed by atoms with Gasteiger partial charge in [-0.25, -0.2) is 0 Å². The lowest BCUT2D eigenvalue weighted by Gasteiger charge is -2.25. The third kappa shape index (κ3) is 4.61. The number of nitrogens with one attached hydrogen (secondary N) is 2. The number of hydrogen-bond acceptors (Lipinski definition) is 5. The maximum absolute atomic E-state index is 12.9. The number of carbonyl (C=O) groups excluding carboxylic acids is 3. The molecule has 0 radical (unpaired) electrons. The highest BCUT2D eigenvalue weighted by Gasteiger charge is 2.39. The van der Waals surface area contributed by atoms with Crippen LogP contribution in [-0.4, -0.2) is 40.0 Å². The Hall–Kier alpha value is -2.42. The molecule has 1 fully saturated rings. The van der Waals surface area contributed by atoms with Gasteiger partial charge in [0.1, 0.15) is 12.3 Å². The SMILES string of the molecule is Cc1ccc(CC(=O)NCc2scc3c2CN([C@H]2CCCC(O)NC2=O)C3=O)cc1Cl. The predicted molar refractivity (Wildman–Crippen MR) is 118 cm³/mol. The molecule has 1 aromatic carbocycles. The number of benzene rings is 1. The number of thiophene rings is 1. The Kier molecular flexibility index (Phi) is 6.31. The Morgan fingerprint density at radius 3 is 2.94 bits per heavy atom. The van der Waals surface area contributed by atoms with E-state index >= 15 is 0 Å². The average Bonchev–Trinajstić information content (AvgIpc) is 3.21. The molecule has 0 saturated carbocycles. The second-order valence-electron chi connectivity index (χ2n) is 7.99. The van der Waals surface area contributed by atoms with Crippen LogP contribution in [0.1, 0.15) is 51.2 Å². The summed E-state index contributed by atoms with van der Waals surface area (Å²) in [4.78, 5) is 40.2. The maximum Gasteiger partial charge on any atom is 0.256 e. The molecule has 3 heterocycles. The Bertz CT molecular complexity index is 1040. The Morgan fingerprint density at radius 1 is 1.35 bits per heavy atom. The molecule has 0 bridgehead atoms. The van der Waals surface area contributed by atoms with Gasteiger partial charge in [0, 0.05) is 21.8 Å². The van der Waals surface area contributed by atoms with Gasteiger partial charge < -0.3 is 20.6 Å². The van der Waals surface area contributed by atoms with Gasteiger partial charge in [0.2, 0.25) is 11.8 Å². The third-order valence-corrected chi connectivity index (χ3v) is 7.23. The normalized spacial score (nSPS) is 20.9. The lowest BCUT2D eigenvalue weighted by Crippen LogP contribution is -2.48. The van der Waals surface area contributed by atoms with Crippen LogP contribution in [-0.2, 0) is 29.1 Å². The van der Waals surface area contributed by atoms with Crippen molar-refractivity contribution < 1.29 is 19.5 Å². The van der Waals surface area contributed by atoms with Crippen LogP contribution >= 0.6 is 22.9 Å². The van der Waals surface area contributed by atoms with Crippen molar-refractivity contribution in [1.29, 1.82) is 0 Å². The van der Waals surface area contributed by atoms with Crippen molar-refractivity contribution in [2.75, 3.05) is 0 Å². The monoisotopic (exact) mass is 461 g/mol. The number of carbonyl (C=O) groups is 3. The zero-order valence-corrected chi connectivity index (χ0v) is 18.7. The first-order valence-electron chi connectivity index (χ1n) is 10.2. The van der Waals surface area contributed by atoms with Crippen molar-refractivity contribution in [2.45, 2.75) is 58.0 Å². The molecule has 0 spiro atoms. The summed E-state index contributed by atoms with van der Waals surface area (Å²) < 4.78 is 0. The predicted octanol–water partition coefficient (Wildman–Crippen LogP) is 2.51. The van der Waals surface area contributed by atoms with E-state index in [9.17, 15) is 19.5 Å². The highest BCUT2D eigenvalue weighted by molar-refractivity contribution is 7.10. The largest absolute Gasteiger partial charge is 0.374 e. The van der Waals surface area contributed by atoms with Crippen LogP contribution in [0.5, 0.6) is 0 Å². The number of halogens is 1. The Labute approximate surface area is 189 Å². The molecule has 2 aromatic rings. The second kappa shape index (κ2) is 8.98. The molecule has 2 atom stereocenters.